The normalized spacial score (nSPS) is 21.2. The summed E-state index contributed by atoms with van der Waals surface area (Å²) in [6.45, 7) is 2.02. The van der Waals surface area contributed by atoms with Crippen molar-refractivity contribution < 1.29 is 14.7 Å². The van der Waals surface area contributed by atoms with Gasteiger partial charge in [-0.3, -0.25) is 9.59 Å². The quantitative estimate of drug-likeness (QED) is 0.854. The van der Waals surface area contributed by atoms with E-state index in [0.717, 1.165) is 28.4 Å². The average molecular weight is 354 g/mol. The van der Waals surface area contributed by atoms with E-state index in [1.54, 1.807) is 0 Å². The van der Waals surface area contributed by atoms with Gasteiger partial charge in [0.1, 0.15) is 0 Å². The highest BCUT2D eigenvalue weighted by molar-refractivity contribution is 9.10. The molecule has 1 aliphatic carbocycles. The number of hydrogen-bond acceptors (Lipinski definition) is 2. The molecule has 0 saturated heterocycles. The lowest BCUT2D eigenvalue weighted by molar-refractivity contribution is -0.142. The molecule has 0 radical (unpaired) electrons. The number of halogens is 1. The van der Waals surface area contributed by atoms with Crippen molar-refractivity contribution in [3.05, 3.63) is 33.8 Å². The summed E-state index contributed by atoms with van der Waals surface area (Å²) in [5.41, 5.74) is 2.27. The molecule has 114 valence electrons. The van der Waals surface area contributed by atoms with Gasteiger partial charge in [0.2, 0.25) is 5.91 Å². The van der Waals surface area contributed by atoms with E-state index in [1.807, 2.05) is 19.1 Å². The first-order chi connectivity index (χ1) is 9.97. The molecule has 0 bridgehead atoms. The second-order valence-electron chi connectivity index (χ2n) is 5.63. The van der Waals surface area contributed by atoms with Gasteiger partial charge in [-0.05, 0) is 43.4 Å². The first-order valence-electron chi connectivity index (χ1n) is 7.24. The van der Waals surface area contributed by atoms with Gasteiger partial charge in [-0.1, -0.05) is 34.5 Å². The number of nitrogens with one attached hydrogen (secondary N) is 1. The number of hydrogen-bond donors (Lipinski definition) is 2. The Bertz CT molecular complexity index is 544. The monoisotopic (exact) mass is 353 g/mol. The lowest BCUT2D eigenvalue weighted by Gasteiger charge is -2.17. The Morgan fingerprint density at radius 3 is 2.81 bits per heavy atom. The molecule has 1 aromatic carbocycles. The number of benzene rings is 1. The van der Waals surface area contributed by atoms with E-state index in [2.05, 4.69) is 27.3 Å². The standard InChI is InChI=1S/C16H20BrNO3/c1-10-9-11(5-7-13(10)17)6-8-15(19)18-14-4-2-3-12(14)16(20)21/h5,7,9,12,14H,2-4,6,8H2,1H3,(H,18,19)(H,20,21)/t12-,14+/m0/s1. The molecule has 1 fully saturated rings. The maximum absolute atomic E-state index is 12.0. The Morgan fingerprint density at radius 1 is 1.38 bits per heavy atom. The lowest BCUT2D eigenvalue weighted by Crippen LogP contribution is -2.40. The molecule has 1 aliphatic rings. The van der Waals surface area contributed by atoms with Crippen molar-refractivity contribution in [1.29, 1.82) is 0 Å². The largest absolute Gasteiger partial charge is 0.481 e. The van der Waals surface area contributed by atoms with Crippen LogP contribution in [0.2, 0.25) is 0 Å². The number of rotatable bonds is 5. The first kappa shape index (κ1) is 16.0. The second-order valence-corrected chi connectivity index (χ2v) is 6.49. The summed E-state index contributed by atoms with van der Waals surface area (Å²) in [4.78, 5) is 23.1. The van der Waals surface area contributed by atoms with Crippen molar-refractivity contribution in [3.8, 4) is 0 Å². The van der Waals surface area contributed by atoms with Crippen LogP contribution in [0.25, 0.3) is 0 Å². The molecule has 1 saturated carbocycles. The molecule has 0 unspecified atom stereocenters. The molecular formula is C16H20BrNO3. The van der Waals surface area contributed by atoms with Crippen LogP contribution < -0.4 is 5.32 Å². The maximum atomic E-state index is 12.0. The SMILES string of the molecule is Cc1cc(CCC(=O)N[C@@H]2CCC[C@@H]2C(=O)O)ccc1Br. The molecule has 21 heavy (non-hydrogen) atoms. The third-order valence-corrected chi connectivity index (χ3v) is 4.93. The Balaban J connectivity index is 1.84. The number of aliphatic carboxylic acids is 1. The third-order valence-electron chi connectivity index (χ3n) is 4.04. The fraction of sp³-hybridized carbons (Fsp3) is 0.500. The molecule has 4 nitrogen and oxygen atoms in total. The number of aryl methyl sites for hydroxylation is 2. The van der Waals surface area contributed by atoms with Gasteiger partial charge in [-0.15, -0.1) is 0 Å². The van der Waals surface area contributed by atoms with Crippen LogP contribution in [0.5, 0.6) is 0 Å². The molecule has 2 N–H and O–H groups in total. The molecule has 0 aromatic heterocycles. The zero-order valence-corrected chi connectivity index (χ0v) is 13.6. The number of amides is 1. The van der Waals surface area contributed by atoms with Crippen LogP contribution in [0.3, 0.4) is 0 Å². The van der Waals surface area contributed by atoms with Crippen molar-refractivity contribution in [2.24, 2.45) is 5.92 Å². The first-order valence-corrected chi connectivity index (χ1v) is 8.04. The van der Waals surface area contributed by atoms with Crippen molar-refractivity contribution in [2.45, 2.75) is 45.1 Å². The summed E-state index contributed by atoms with van der Waals surface area (Å²) < 4.78 is 1.06. The van der Waals surface area contributed by atoms with Crippen LogP contribution in [0.1, 0.15) is 36.8 Å². The smallest absolute Gasteiger partial charge is 0.308 e. The molecule has 1 amide bonds. The van der Waals surface area contributed by atoms with Crippen LogP contribution in [-0.2, 0) is 16.0 Å². The minimum Gasteiger partial charge on any atom is -0.481 e. The van der Waals surface area contributed by atoms with Gasteiger partial charge in [0.15, 0.2) is 0 Å². The van der Waals surface area contributed by atoms with E-state index >= 15 is 0 Å². The third kappa shape index (κ3) is 4.30. The summed E-state index contributed by atoms with van der Waals surface area (Å²) in [5, 5.41) is 12.0. The zero-order chi connectivity index (χ0) is 15.4. The van der Waals surface area contributed by atoms with E-state index in [-0.39, 0.29) is 11.9 Å². The van der Waals surface area contributed by atoms with Gasteiger partial charge in [0.25, 0.3) is 0 Å². The minimum absolute atomic E-state index is 0.0614. The van der Waals surface area contributed by atoms with Crippen LogP contribution in [0.4, 0.5) is 0 Å². The van der Waals surface area contributed by atoms with Gasteiger partial charge < -0.3 is 10.4 Å². The highest BCUT2D eigenvalue weighted by Gasteiger charge is 2.33. The molecule has 1 aromatic rings. The highest BCUT2D eigenvalue weighted by Crippen LogP contribution is 2.26. The van der Waals surface area contributed by atoms with Crippen LogP contribution in [0, 0.1) is 12.8 Å². The summed E-state index contributed by atoms with van der Waals surface area (Å²) in [5.74, 6) is -1.29. The van der Waals surface area contributed by atoms with Gasteiger partial charge in [-0.2, -0.15) is 0 Å². The van der Waals surface area contributed by atoms with E-state index in [1.165, 1.54) is 0 Å². The van der Waals surface area contributed by atoms with E-state index in [9.17, 15) is 9.59 Å². The van der Waals surface area contributed by atoms with E-state index in [4.69, 9.17) is 5.11 Å². The summed E-state index contributed by atoms with van der Waals surface area (Å²) in [6, 6.07) is 5.84. The van der Waals surface area contributed by atoms with Crippen molar-refractivity contribution in [1.82, 2.24) is 5.32 Å². The van der Waals surface area contributed by atoms with Crippen molar-refractivity contribution in [2.75, 3.05) is 0 Å². The minimum atomic E-state index is -0.804. The Morgan fingerprint density at radius 2 is 2.14 bits per heavy atom. The van der Waals surface area contributed by atoms with Gasteiger partial charge in [0, 0.05) is 16.9 Å². The van der Waals surface area contributed by atoms with Gasteiger partial charge in [0.05, 0.1) is 5.92 Å². The van der Waals surface area contributed by atoms with Crippen LogP contribution in [0.15, 0.2) is 22.7 Å². The van der Waals surface area contributed by atoms with E-state index in [0.29, 0.717) is 19.3 Å². The Labute approximate surface area is 133 Å². The Hall–Kier alpha value is -1.36. The van der Waals surface area contributed by atoms with Crippen molar-refractivity contribution >= 4 is 27.8 Å². The summed E-state index contributed by atoms with van der Waals surface area (Å²) in [7, 11) is 0. The second kappa shape index (κ2) is 7.07. The summed E-state index contributed by atoms with van der Waals surface area (Å²) in [6.07, 6.45) is 3.36. The Kier molecular flexibility index (Phi) is 5.39. The predicted octanol–water partition coefficient (Wildman–Crippen LogP) is 3.06. The molecule has 2 atom stereocenters. The number of carbonyl (C=O) groups excluding carboxylic acids is 1. The molecule has 0 aliphatic heterocycles. The molecule has 2 rings (SSSR count). The van der Waals surface area contributed by atoms with Crippen molar-refractivity contribution in [3.63, 3.8) is 0 Å². The topological polar surface area (TPSA) is 66.4 Å². The number of carbonyl (C=O) groups is 2. The van der Waals surface area contributed by atoms with Gasteiger partial charge in [-0.25, -0.2) is 0 Å². The fourth-order valence-corrected chi connectivity index (χ4v) is 3.07. The summed E-state index contributed by atoms with van der Waals surface area (Å²) >= 11 is 3.45. The number of carboxylic acids is 1. The lowest BCUT2D eigenvalue weighted by atomic mass is 10.0. The molecular weight excluding hydrogens is 334 g/mol. The zero-order valence-electron chi connectivity index (χ0n) is 12.1. The van der Waals surface area contributed by atoms with Gasteiger partial charge >= 0.3 is 5.97 Å². The fourth-order valence-electron chi connectivity index (χ4n) is 2.83. The molecule has 5 heteroatoms. The molecule has 0 heterocycles. The average Bonchev–Trinajstić information content (AvgIpc) is 2.88. The number of carboxylic acid groups (broad SMARTS) is 1. The maximum Gasteiger partial charge on any atom is 0.308 e. The highest BCUT2D eigenvalue weighted by atomic mass is 79.9. The molecule has 0 spiro atoms. The van der Waals surface area contributed by atoms with E-state index < -0.39 is 11.9 Å². The predicted molar refractivity (Wildman–Crippen MR) is 84.1 cm³/mol. The van der Waals surface area contributed by atoms with Crippen LogP contribution >= 0.6 is 15.9 Å². The van der Waals surface area contributed by atoms with Crippen LogP contribution in [-0.4, -0.2) is 23.0 Å².